The monoisotopic (exact) mass is 312 g/mol. The first kappa shape index (κ1) is 15.6. The first-order valence-corrected chi connectivity index (χ1v) is 8.47. The summed E-state index contributed by atoms with van der Waals surface area (Å²) >= 11 is 7.56. The van der Waals surface area contributed by atoms with Crippen molar-refractivity contribution in [3.63, 3.8) is 0 Å². The van der Waals surface area contributed by atoms with Gasteiger partial charge in [0.2, 0.25) is 5.91 Å². The molecule has 0 saturated carbocycles. The molecule has 2 rings (SSSR count). The van der Waals surface area contributed by atoms with Crippen LogP contribution in [0, 0.1) is 0 Å². The fraction of sp³-hybridized carbons (Fsp3) is 0.600. The van der Waals surface area contributed by atoms with Crippen LogP contribution in [-0.2, 0) is 4.79 Å². The number of amides is 1. The van der Waals surface area contributed by atoms with Crippen LogP contribution in [0.15, 0.2) is 23.4 Å². The van der Waals surface area contributed by atoms with E-state index in [-0.39, 0.29) is 11.2 Å². The summed E-state index contributed by atoms with van der Waals surface area (Å²) in [6.07, 6.45) is 6.22. The third kappa shape index (κ3) is 3.67. The molecule has 3 nitrogen and oxygen atoms in total. The lowest BCUT2D eigenvalue weighted by Crippen LogP contribution is -2.46. The number of thioether (sulfide) groups is 1. The predicted octanol–water partition coefficient (Wildman–Crippen LogP) is 4.01. The Morgan fingerprint density at radius 2 is 2.40 bits per heavy atom. The van der Waals surface area contributed by atoms with Crippen molar-refractivity contribution in [1.82, 2.24) is 9.88 Å². The van der Waals surface area contributed by atoms with E-state index in [1.807, 2.05) is 13.0 Å². The maximum Gasteiger partial charge on any atom is 0.236 e. The second kappa shape index (κ2) is 7.32. The lowest BCUT2D eigenvalue weighted by molar-refractivity contribution is -0.134. The van der Waals surface area contributed by atoms with Crippen LogP contribution in [0.1, 0.15) is 39.5 Å². The summed E-state index contributed by atoms with van der Waals surface area (Å²) in [5.74, 6) is 0.211. The Balaban J connectivity index is 2.03. The van der Waals surface area contributed by atoms with Crippen molar-refractivity contribution in [3.8, 4) is 0 Å². The largest absolute Gasteiger partial charge is 0.339 e. The van der Waals surface area contributed by atoms with Gasteiger partial charge in [0, 0.05) is 18.8 Å². The summed E-state index contributed by atoms with van der Waals surface area (Å²) in [5.41, 5.74) is 0. The number of halogens is 1. The van der Waals surface area contributed by atoms with E-state index in [2.05, 4.69) is 16.8 Å². The van der Waals surface area contributed by atoms with Crippen molar-refractivity contribution in [2.45, 2.75) is 55.8 Å². The maximum atomic E-state index is 12.6. The second-order valence-corrected chi connectivity index (χ2v) is 6.88. The zero-order valence-electron chi connectivity index (χ0n) is 12.0. The number of piperidine rings is 1. The number of carbonyl (C=O) groups is 1. The van der Waals surface area contributed by atoms with E-state index in [0.29, 0.717) is 11.1 Å². The van der Waals surface area contributed by atoms with Crippen molar-refractivity contribution in [3.05, 3.63) is 23.4 Å². The highest BCUT2D eigenvalue weighted by molar-refractivity contribution is 8.00. The summed E-state index contributed by atoms with van der Waals surface area (Å²) in [6, 6.07) is 4.01. The molecular weight excluding hydrogens is 292 g/mol. The van der Waals surface area contributed by atoms with Crippen molar-refractivity contribution in [1.29, 1.82) is 0 Å². The van der Waals surface area contributed by atoms with Crippen LogP contribution in [-0.4, -0.2) is 33.6 Å². The Kier molecular flexibility index (Phi) is 5.73. The van der Waals surface area contributed by atoms with E-state index in [0.717, 1.165) is 30.8 Å². The highest BCUT2D eigenvalue weighted by atomic mass is 35.5. The molecule has 1 aromatic rings. The molecule has 0 radical (unpaired) electrons. The summed E-state index contributed by atoms with van der Waals surface area (Å²) in [7, 11) is 0. The van der Waals surface area contributed by atoms with Crippen LogP contribution >= 0.6 is 23.4 Å². The Morgan fingerprint density at radius 3 is 3.10 bits per heavy atom. The number of likely N-dealkylation sites (tertiary alicyclic amines) is 1. The van der Waals surface area contributed by atoms with Crippen LogP contribution in [0.5, 0.6) is 0 Å². The number of aromatic nitrogens is 1. The fourth-order valence-corrected chi connectivity index (χ4v) is 3.75. The second-order valence-electron chi connectivity index (χ2n) is 5.14. The van der Waals surface area contributed by atoms with E-state index in [4.69, 9.17) is 11.6 Å². The van der Waals surface area contributed by atoms with Gasteiger partial charge < -0.3 is 4.90 Å². The molecule has 0 bridgehead atoms. The number of nitrogens with zero attached hydrogens (tertiary/aromatic N) is 2. The molecule has 1 saturated heterocycles. The van der Waals surface area contributed by atoms with Gasteiger partial charge in [-0.25, -0.2) is 4.98 Å². The molecule has 1 fully saturated rings. The van der Waals surface area contributed by atoms with Gasteiger partial charge in [0.25, 0.3) is 0 Å². The zero-order chi connectivity index (χ0) is 14.5. The molecule has 1 aromatic heterocycles. The smallest absolute Gasteiger partial charge is 0.236 e. The lowest BCUT2D eigenvalue weighted by Gasteiger charge is -2.36. The minimum absolute atomic E-state index is 0.144. The van der Waals surface area contributed by atoms with Crippen LogP contribution in [0.25, 0.3) is 0 Å². The number of hydrogen-bond acceptors (Lipinski definition) is 3. The average Bonchev–Trinajstić information content (AvgIpc) is 2.48. The summed E-state index contributed by atoms with van der Waals surface area (Å²) in [6.45, 7) is 4.99. The molecule has 2 unspecified atom stereocenters. The number of pyridine rings is 1. The number of rotatable bonds is 4. The highest BCUT2D eigenvalue weighted by Crippen LogP contribution is 2.30. The predicted molar refractivity (Wildman–Crippen MR) is 84.2 cm³/mol. The molecule has 0 N–H and O–H groups in total. The van der Waals surface area contributed by atoms with Gasteiger partial charge in [-0.1, -0.05) is 30.3 Å². The van der Waals surface area contributed by atoms with Gasteiger partial charge in [-0.15, -0.1) is 0 Å². The highest BCUT2D eigenvalue weighted by Gasteiger charge is 2.29. The third-order valence-electron chi connectivity index (χ3n) is 3.74. The Morgan fingerprint density at radius 1 is 1.60 bits per heavy atom. The van der Waals surface area contributed by atoms with Gasteiger partial charge in [0.1, 0.15) is 5.03 Å². The van der Waals surface area contributed by atoms with Gasteiger partial charge in [0.15, 0.2) is 0 Å². The van der Waals surface area contributed by atoms with Crippen LogP contribution in [0.4, 0.5) is 0 Å². The molecule has 2 atom stereocenters. The lowest BCUT2D eigenvalue weighted by atomic mass is 10.00. The molecule has 1 amide bonds. The number of hydrogen-bond donors (Lipinski definition) is 0. The molecule has 110 valence electrons. The van der Waals surface area contributed by atoms with Gasteiger partial charge in [-0.3, -0.25) is 4.79 Å². The van der Waals surface area contributed by atoms with E-state index in [1.165, 1.54) is 18.2 Å². The van der Waals surface area contributed by atoms with E-state index >= 15 is 0 Å². The zero-order valence-corrected chi connectivity index (χ0v) is 13.6. The molecule has 1 aliphatic rings. The summed E-state index contributed by atoms with van der Waals surface area (Å²) in [4.78, 5) is 18.9. The molecule has 0 aromatic carbocycles. The van der Waals surface area contributed by atoms with E-state index in [1.54, 1.807) is 12.3 Å². The molecule has 1 aliphatic heterocycles. The normalized spacial score (nSPS) is 20.8. The Hall–Kier alpha value is -0.740. The minimum atomic E-state index is -0.144. The van der Waals surface area contributed by atoms with Gasteiger partial charge in [-0.05, 0) is 44.7 Å². The van der Waals surface area contributed by atoms with Crippen molar-refractivity contribution < 1.29 is 4.79 Å². The quantitative estimate of drug-likeness (QED) is 0.788. The van der Waals surface area contributed by atoms with Crippen molar-refractivity contribution in [2.24, 2.45) is 0 Å². The molecule has 2 heterocycles. The van der Waals surface area contributed by atoms with Gasteiger partial charge >= 0.3 is 0 Å². The third-order valence-corrected chi connectivity index (χ3v) is 5.26. The molecule has 20 heavy (non-hydrogen) atoms. The van der Waals surface area contributed by atoms with Crippen LogP contribution in [0.3, 0.4) is 0 Å². The molecule has 0 aliphatic carbocycles. The van der Waals surface area contributed by atoms with E-state index in [9.17, 15) is 4.79 Å². The summed E-state index contributed by atoms with van der Waals surface area (Å²) < 4.78 is 0. The summed E-state index contributed by atoms with van der Waals surface area (Å²) in [5, 5.41) is 1.21. The first-order valence-electron chi connectivity index (χ1n) is 7.21. The van der Waals surface area contributed by atoms with Crippen molar-refractivity contribution in [2.75, 3.05) is 6.54 Å². The average molecular weight is 313 g/mol. The number of carbonyl (C=O) groups excluding carboxylic acids is 1. The van der Waals surface area contributed by atoms with Crippen LogP contribution < -0.4 is 0 Å². The Bertz CT molecular complexity index is 469. The standard InChI is InChI=1S/C15H21ClN2OS/c1-3-12-7-4-5-10-18(12)15(19)11(2)20-14-13(16)8-6-9-17-14/h6,8-9,11-12H,3-5,7,10H2,1-2H3. The first-order chi connectivity index (χ1) is 9.63. The minimum Gasteiger partial charge on any atom is -0.339 e. The molecule has 5 heteroatoms. The maximum absolute atomic E-state index is 12.6. The molecular formula is C15H21ClN2OS. The van der Waals surface area contributed by atoms with Crippen molar-refractivity contribution >= 4 is 29.3 Å². The fourth-order valence-electron chi connectivity index (χ4n) is 2.62. The van der Waals surface area contributed by atoms with Crippen LogP contribution in [0.2, 0.25) is 5.02 Å². The SMILES string of the molecule is CCC1CCCCN1C(=O)C(C)Sc1ncccc1Cl. The van der Waals surface area contributed by atoms with Gasteiger partial charge in [0.05, 0.1) is 10.3 Å². The Labute approximate surface area is 130 Å². The topological polar surface area (TPSA) is 33.2 Å². The van der Waals surface area contributed by atoms with E-state index < -0.39 is 0 Å². The van der Waals surface area contributed by atoms with Gasteiger partial charge in [-0.2, -0.15) is 0 Å². The molecule has 0 spiro atoms.